The van der Waals surface area contributed by atoms with Gasteiger partial charge in [-0.2, -0.15) is 11.8 Å². The fourth-order valence-corrected chi connectivity index (χ4v) is 5.40. The van der Waals surface area contributed by atoms with Crippen molar-refractivity contribution in [3.8, 4) is 0 Å². The molecule has 1 nitrogen and oxygen atoms in total. The molecule has 2 heterocycles. The van der Waals surface area contributed by atoms with Gasteiger partial charge in [0, 0.05) is 17.2 Å². The highest BCUT2D eigenvalue weighted by molar-refractivity contribution is 9.09. The smallest absolute Gasteiger partial charge is 0.0783 e. The number of hydrogen-bond donors (Lipinski definition) is 0. The number of alkyl halides is 1. The maximum Gasteiger partial charge on any atom is 0.0783 e. The molecule has 0 saturated carbocycles. The molecule has 3 atom stereocenters. The van der Waals surface area contributed by atoms with Crippen molar-refractivity contribution in [1.82, 2.24) is 0 Å². The Morgan fingerprint density at radius 2 is 2.20 bits per heavy atom. The Kier molecular flexibility index (Phi) is 5.11. The topological polar surface area (TPSA) is 9.23 Å². The molecule has 1 aromatic rings. The number of rotatable bonds is 4. The van der Waals surface area contributed by atoms with Crippen LogP contribution in [-0.4, -0.2) is 23.7 Å². The van der Waals surface area contributed by atoms with Crippen LogP contribution >= 0.6 is 27.7 Å². The fourth-order valence-electron chi connectivity index (χ4n) is 3.45. The molecule has 0 aromatic heterocycles. The van der Waals surface area contributed by atoms with E-state index in [-0.39, 0.29) is 5.60 Å². The Morgan fingerprint density at radius 1 is 1.35 bits per heavy atom. The van der Waals surface area contributed by atoms with E-state index >= 15 is 0 Å². The summed E-state index contributed by atoms with van der Waals surface area (Å²) >= 11 is 5.92. The lowest BCUT2D eigenvalue weighted by Crippen LogP contribution is -2.39. The highest BCUT2D eigenvalue weighted by Crippen LogP contribution is 2.42. The second kappa shape index (κ2) is 6.85. The molecule has 2 aliphatic heterocycles. The molecule has 0 bridgehead atoms. The zero-order valence-electron chi connectivity index (χ0n) is 11.9. The Labute approximate surface area is 135 Å². The van der Waals surface area contributed by atoms with Gasteiger partial charge in [-0.05, 0) is 49.3 Å². The zero-order chi connectivity index (χ0) is 13.8. The van der Waals surface area contributed by atoms with E-state index in [9.17, 15) is 0 Å². The molecule has 3 heteroatoms. The lowest BCUT2D eigenvalue weighted by atomic mass is 9.82. The number of halogens is 1. The molecule has 0 N–H and O–H groups in total. The molecule has 1 spiro atoms. The minimum atomic E-state index is 0.238. The molecule has 3 rings (SSSR count). The van der Waals surface area contributed by atoms with Crippen molar-refractivity contribution in [1.29, 1.82) is 0 Å². The molecule has 1 aromatic carbocycles. The monoisotopic (exact) mass is 354 g/mol. The predicted octanol–water partition coefficient (Wildman–Crippen LogP) is 5.21. The Morgan fingerprint density at radius 3 is 2.95 bits per heavy atom. The Balaban J connectivity index is 1.51. The summed E-state index contributed by atoms with van der Waals surface area (Å²) in [4.78, 5) is 0.500. The minimum absolute atomic E-state index is 0.238. The number of ether oxygens (including phenoxy) is 1. The van der Waals surface area contributed by atoms with E-state index in [0.29, 0.717) is 4.83 Å². The molecule has 20 heavy (non-hydrogen) atoms. The van der Waals surface area contributed by atoms with Crippen LogP contribution < -0.4 is 0 Å². The van der Waals surface area contributed by atoms with Gasteiger partial charge in [0.15, 0.2) is 0 Å². The van der Waals surface area contributed by atoms with E-state index in [0.717, 1.165) is 12.5 Å². The molecule has 2 fully saturated rings. The highest BCUT2D eigenvalue weighted by Gasteiger charge is 2.40. The predicted molar refractivity (Wildman–Crippen MR) is 90.7 cm³/mol. The van der Waals surface area contributed by atoms with Gasteiger partial charge in [0.05, 0.1) is 5.60 Å². The van der Waals surface area contributed by atoms with Crippen LogP contribution in [0.25, 0.3) is 0 Å². The summed E-state index contributed by atoms with van der Waals surface area (Å²) in [6.07, 6.45) is 6.36. The van der Waals surface area contributed by atoms with Crippen LogP contribution in [0.15, 0.2) is 30.3 Å². The van der Waals surface area contributed by atoms with Crippen molar-refractivity contribution in [3.63, 3.8) is 0 Å². The third kappa shape index (κ3) is 3.61. The third-order valence-corrected chi connectivity index (χ3v) is 6.86. The molecule has 0 amide bonds. The van der Waals surface area contributed by atoms with Crippen LogP contribution in [0.2, 0.25) is 0 Å². The van der Waals surface area contributed by atoms with Crippen molar-refractivity contribution in [2.45, 2.75) is 42.5 Å². The average Bonchev–Trinajstić information content (AvgIpc) is 2.93. The molecule has 3 unspecified atom stereocenters. The molecule has 0 aliphatic carbocycles. The summed E-state index contributed by atoms with van der Waals surface area (Å²) < 4.78 is 6.12. The maximum atomic E-state index is 6.12. The van der Waals surface area contributed by atoms with Crippen LogP contribution in [0.4, 0.5) is 0 Å². The van der Waals surface area contributed by atoms with Crippen molar-refractivity contribution in [2.24, 2.45) is 5.92 Å². The van der Waals surface area contributed by atoms with E-state index in [1.54, 1.807) is 0 Å². The summed E-state index contributed by atoms with van der Waals surface area (Å²) in [5, 5.41) is 0. The van der Waals surface area contributed by atoms with E-state index in [2.05, 4.69) is 58.0 Å². The van der Waals surface area contributed by atoms with Crippen LogP contribution in [0, 0.1) is 5.92 Å². The van der Waals surface area contributed by atoms with Gasteiger partial charge >= 0.3 is 0 Å². The molecule has 110 valence electrons. The van der Waals surface area contributed by atoms with Crippen LogP contribution in [0.1, 0.15) is 42.5 Å². The largest absolute Gasteiger partial charge is 0.374 e. The molecule has 2 saturated heterocycles. The second-order valence-corrected chi connectivity index (χ2v) is 8.36. The van der Waals surface area contributed by atoms with Gasteiger partial charge < -0.3 is 4.74 Å². The first kappa shape index (κ1) is 14.9. The van der Waals surface area contributed by atoms with Crippen LogP contribution in [-0.2, 0) is 4.74 Å². The van der Waals surface area contributed by atoms with Gasteiger partial charge in [-0.15, -0.1) is 0 Å². The Bertz CT molecular complexity index is 416. The molecule has 0 radical (unpaired) electrons. The lowest BCUT2D eigenvalue weighted by molar-refractivity contribution is -0.0807. The first-order valence-corrected chi connectivity index (χ1v) is 9.75. The SMILES string of the molecule is BrC(CCC1CCOC2(CCSC2)C1)c1ccccc1. The fraction of sp³-hybridized carbons (Fsp3) is 0.647. The normalized spacial score (nSPS) is 31.6. The van der Waals surface area contributed by atoms with Crippen LogP contribution in [0.3, 0.4) is 0 Å². The Hall–Kier alpha value is 0.0100. The highest BCUT2D eigenvalue weighted by atomic mass is 79.9. The van der Waals surface area contributed by atoms with Crippen molar-refractivity contribution in [2.75, 3.05) is 18.1 Å². The van der Waals surface area contributed by atoms with E-state index in [1.165, 1.54) is 49.2 Å². The number of thioether (sulfide) groups is 1. The molecular weight excluding hydrogens is 332 g/mol. The minimum Gasteiger partial charge on any atom is -0.374 e. The number of benzene rings is 1. The lowest BCUT2D eigenvalue weighted by Gasteiger charge is -2.38. The van der Waals surface area contributed by atoms with Crippen molar-refractivity contribution < 1.29 is 4.74 Å². The molecule has 2 aliphatic rings. The first-order valence-electron chi connectivity index (χ1n) is 7.68. The van der Waals surface area contributed by atoms with Crippen molar-refractivity contribution >= 4 is 27.7 Å². The van der Waals surface area contributed by atoms with Gasteiger partial charge in [0.1, 0.15) is 0 Å². The van der Waals surface area contributed by atoms with Gasteiger partial charge in [-0.1, -0.05) is 46.3 Å². The standard InChI is InChI=1S/C17H23BrOS/c18-16(15-4-2-1-3-5-15)7-6-14-8-10-19-17(12-14)9-11-20-13-17/h1-5,14,16H,6-13H2. The van der Waals surface area contributed by atoms with Crippen molar-refractivity contribution in [3.05, 3.63) is 35.9 Å². The summed E-state index contributed by atoms with van der Waals surface area (Å²) in [5.41, 5.74) is 1.65. The average molecular weight is 355 g/mol. The van der Waals surface area contributed by atoms with Gasteiger partial charge in [-0.25, -0.2) is 0 Å². The summed E-state index contributed by atoms with van der Waals surface area (Å²) in [7, 11) is 0. The zero-order valence-corrected chi connectivity index (χ0v) is 14.3. The quantitative estimate of drug-likeness (QED) is 0.686. The molecular formula is C17H23BrOS. The first-order chi connectivity index (χ1) is 9.77. The van der Waals surface area contributed by atoms with Crippen LogP contribution in [0.5, 0.6) is 0 Å². The summed E-state index contributed by atoms with van der Waals surface area (Å²) in [6.45, 7) is 0.976. The maximum absolute atomic E-state index is 6.12. The second-order valence-electron chi connectivity index (χ2n) is 6.15. The van der Waals surface area contributed by atoms with E-state index in [4.69, 9.17) is 4.74 Å². The third-order valence-electron chi connectivity index (χ3n) is 4.65. The van der Waals surface area contributed by atoms with E-state index < -0.39 is 0 Å². The van der Waals surface area contributed by atoms with Gasteiger partial charge in [-0.3, -0.25) is 0 Å². The van der Waals surface area contributed by atoms with Gasteiger partial charge in [0.2, 0.25) is 0 Å². The van der Waals surface area contributed by atoms with Gasteiger partial charge in [0.25, 0.3) is 0 Å². The number of hydrogen-bond acceptors (Lipinski definition) is 2. The summed E-state index contributed by atoms with van der Waals surface area (Å²) in [6, 6.07) is 10.8. The summed E-state index contributed by atoms with van der Waals surface area (Å²) in [5.74, 6) is 3.36. The van der Waals surface area contributed by atoms with E-state index in [1.807, 2.05) is 0 Å².